The van der Waals surface area contributed by atoms with E-state index in [-0.39, 0.29) is 18.9 Å². The van der Waals surface area contributed by atoms with Gasteiger partial charge in [-0.2, -0.15) is 0 Å². The summed E-state index contributed by atoms with van der Waals surface area (Å²) in [5.41, 5.74) is 0.454. The van der Waals surface area contributed by atoms with Crippen molar-refractivity contribution in [2.45, 2.75) is 69.5 Å². The van der Waals surface area contributed by atoms with Gasteiger partial charge >= 0.3 is 5.97 Å². The van der Waals surface area contributed by atoms with Crippen molar-refractivity contribution in [3.63, 3.8) is 0 Å². The highest BCUT2D eigenvalue weighted by atomic mass is 35.5. The zero-order chi connectivity index (χ0) is 33.6. The SMILES string of the molecule is Cc1cccc(Cl)c1N1C/C=C\CCC(=O)N(C)[C@@H](C)[C@H](c2ccccc2)OC(=O)[C@@H]2[C@H]3C(=O)N([C@H](C)CO)[C@H](C1=O)[C@]31C=C[C@H]2O1. The summed E-state index contributed by atoms with van der Waals surface area (Å²) >= 11 is 6.71. The summed E-state index contributed by atoms with van der Waals surface area (Å²) in [5.74, 6) is -3.84. The largest absolute Gasteiger partial charge is 0.455 e. The molecule has 4 heterocycles. The molecule has 47 heavy (non-hydrogen) atoms. The molecule has 4 aliphatic heterocycles. The van der Waals surface area contributed by atoms with Crippen molar-refractivity contribution in [1.82, 2.24) is 9.80 Å². The van der Waals surface area contributed by atoms with Crippen molar-refractivity contribution >= 4 is 41.0 Å². The highest BCUT2D eigenvalue weighted by Crippen LogP contribution is 2.56. The molecule has 1 spiro atoms. The molecule has 8 atom stereocenters. The van der Waals surface area contributed by atoms with E-state index >= 15 is 0 Å². The number of ether oxygens (including phenoxy) is 2. The zero-order valence-electron chi connectivity index (χ0n) is 26.9. The third-order valence-corrected chi connectivity index (χ3v) is 10.4. The van der Waals surface area contributed by atoms with E-state index in [4.69, 9.17) is 21.1 Å². The minimum absolute atomic E-state index is 0.102. The van der Waals surface area contributed by atoms with Gasteiger partial charge in [0.05, 0.1) is 41.4 Å². The highest BCUT2D eigenvalue weighted by molar-refractivity contribution is 6.34. The Morgan fingerprint density at radius 1 is 1.04 bits per heavy atom. The molecule has 1 N–H and O–H groups in total. The molecule has 248 valence electrons. The lowest BCUT2D eigenvalue weighted by molar-refractivity contribution is -0.164. The molecule has 3 amide bonds. The maximum Gasteiger partial charge on any atom is 0.313 e. The van der Waals surface area contributed by atoms with Gasteiger partial charge in [0.1, 0.15) is 23.7 Å². The first-order valence-corrected chi connectivity index (χ1v) is 16.4. The minimum Gasteiger partial charge on any atom is -0.455 e. The number of likely N-dealkylation sites (N-methyl/N-ethyl adjacent to an activating group) is 1. The fourth-order valence-electron chi connectivity index (χ4n) is 7.53. The van der Waals surface area contributed by atoms with Crippen LogP contribution in [0, 0.1) is 18.8 Å². The van der Waals surface area contributed by atoms with Gasteiger partial charge in [-0.1, -0.05) is 78.4 Å². The normalized spacial score (nSPS) is 32.5. The number of hydrogen-bond acceptors (Lipinski definition) is 7. The quantitative estimate of drug-likeness (QED) is 0.389. The Hall–Kier alpha value is -3.99. The standard InChI is InChI=1S/C36H40ClN3O7/c1-21-12-11-15-25(37)30(21)39-19-10-6-9-16-27(42)38(4)23(3)31(24-13-7-5-8-14-24)46-35(45)28-26-17-18-36(47-26)29(28)33(43)40(22(2)20-41)32(36)34(39)44/h5-8,10-15,17-18,22-23,26,28-29,31-32,41H,9,16,19-20H2,1-4H3/b10-6-/t22-,23+,26-,28+,29+,31-,32-,36+/m1/s1. The number of likely N-dealkylation sites (tertiary alicyclic amines) is 1. The second-order valence-corrected chi connectivity index (χ2v) is 13.3. The fraction of sp³-hybridized carbons (Fsp3) is 0.444. The predicted molar refractivity (Wildman–Crippen MR) is 175 cm³/mol. The Kier molecular flexibility index (Phi) is 9.04. The molecule has 2 fully saturated rings. The highest BCUT2D eigenvalue weighted by Gasteiger charge is 2.74. The molecule has 0 unspecified atom stereocenters. The summed E-state index contributed by atoms with van der Waals surface area (Å²) in [4.78, 5) is 61.4. The van der Waals surface area contributed by atoms with Crippen LogP contribution in [0.15, 0.2) is 72.8 Å². The summed E-state index contributed by atoms with van der Waals surface area (Å²) in [7, 11) is 1.69. The lowest BCUT2D eigenvalue weighted by Crippen LogP contribution is -2.58. The molecule has 2 saturated heterocycles. The van der Waals surface area contributed by atoms with Crippen LogP contribution < -0.4 is 4.90 Å². The van der Waals surface area contributed by atoms with Crippen molar-refractivity contribution < 1.29 is 33.8 Å². The molecule has 11 heteroatoms. The van der Waals surface area contributed by atoms with Crippen molar-refractivity contribution in [2.24, 2.45) is 11.8 Å². The lowest BCUT2D eigenvalue weighted by Gasteiger charge is -2.38. The van der Waals surface area contributed by atoms with Crippen LogP contribution in [0.5, 0.6) is 0 Å². The molecular formula is C36H40ClN3O7. The Labute approximate surface area is 279 Å². The monoisotopic (exact) mass is 661 g/mol. The number of nitrogens with zero attached hydrogens (tertiary/aromatic N) is 3. The van der Waals surface area contributed by atoms with Crippen LogP contribution >= 0.6 is 11.6 Å². The van der Waals surface area contributed by atoms with Crippen molar-refractivity contribution in [2.75, 3.05) is 25.1 Å². The van der Waals surface area contributed by atoms with E-state index in [2.05, 4.69) is 0 Å². The summed E-state index contributed by atoms with van der Waals surface area (Å²) in [5, 5.41) is 10.6. The number of halogens is 1. The molecule has 2 aromatic rings. The van der Waals surface area contributed by atoms with Crippen molar-refractivity contribution in [3.8, 4) is 0 Å². The molecule has 2 aromatic carbocycles. The number of carbonyl (C=O) groups excluding carboxylic acids is 4. The van der Waals surface area contributed by atoms with Gasteiger partial charge in [0.2, 0.25) is 11.8 Å². The van der Waals surface area contributed by atoms with Gasteiger partial charge in [-0.25, -0.2) is 0 Å². The number of cyclic esters (lactones) is 1. The Bertz CT molecular complexity index is 1610. The molecule has 5 bridgehead atoms. The molecule has 0 aromatic heterocycles. The summed E-state index contributed by atoms with van der Waals surface area (Å²) in [6.07, 6.45) is 6.08. The van der Waals surface area contributed by atoms with Crippen LogP contribution in [0.25, 0.3) is 0 Å². The first-order chi connectivity index (χ1) is 22.5. The molecule has 0 aliphatic carbocycles. The van der Waals surface area contributed by atoms with Crippen LogP contribution in [0.3, 0.4) is 0 Å². The van der Waals surface area contributed by atoms with Gasteiger partial charge < -0.3 is 29.3 Å². The second-order valence-electron chi connectivity index (χ2n) is 12.9. The third-order valence-electron chi connectivity index (χ3n) is 10.1. The van der Waals surface area contributed by atoms with E-state index < -0.39 is 72.2 Å². The molecule has 0 saturated carbocycles. The predicted octanol–water partition coefficient (Wildman–Crippen LogP) is 3.99. The van der Waals surface area contributed by atoms with Crippen molar-refractivity contribution in [1.29, 1.82) is 0 Å². The molecular weight excluding hydrogens is 622 g/mol. The average Bonchev–Trinajstić information content (AvgIpc) is 3.71. The van der Waals surface area contributed by atoms with E-state index in [9.17, 15) is 24.3 Å². The number of anilines is 1. The first-order valence-electron chi connectivity index (χ1n) is 16.0. The van der Waals surface area contributed by atoms with Crippen LogP contribution in [0.4, 0.5) is 5.69 Å². The third kappa shape index (κ3) is 5.46. The van der Waals surface area contributed by atoms with E-state index in [1.54, 1.807) is 43.2 Å². The number of aliphatic hydroxyl groups is 1. The Morgan fingerprint density at radius 2 is 1.79 bits per heavy atom. The maximum absolute atomic E-state index is 14.9. The van der Waals surface area contributed by atoms with Gasteiger partial charge in [0.25, 0.3) is 5.91 Å². The van der Waals surface area contributed by atoms with Crippen LogP contribution in [-0.2, 0) is 28.7 Å². The van der Waals surface area contributed by atoms with Crippen LogP contribution in [0.2, 0.25) is 5.02 Å². The second kappa shape index (κ2) is 12.9. The number of rotatable bonds is 4. The Morgan fingerprint density at radius 3 is 2.49 bits per heavy atom. The number of aryl methyl sites for hydroxylation is 1. The number of hydrogen-bond donors (Lipinski definition) is 1. The smallest absolute Gasteiger partial charge is 0.313 e. The van der Waals surface area contributed by atoms with Gasteiger partial charge in [0.15, 0.2) is 0 Å². The minimum atomic E-state index is -1.47. The van der Waals surface area contributed by atoms with Gasteiger partial charge in [-0.3, -0.25) is 19.2 Å². The maximum atomic E-state index is 14.9. The number of allylic oxidation sites excluding steroid dienone is 1. The molecule has 6 rings (SSSR count). The van der Waals surface area contributed by atoms with E-state index in [1.165, 1.54) is 9.80 Å². The first kappa shape index (κ1) is 32.9. The number of fused-ring (bicyclic) bond motifs is 2. The summed E-state index contributed by atoms with van der Waals surface area (Å²) in [6, 6.07) is 12.0. The van der Waals surface area contributed by atoms with Gasteiger partial charge in [0, 0.05) is 20.0 Å². The number of esters is 1. The number of amides is 3. The number of aliphatic hydroxyl groups excluding tert-OH is 1. The number of para-hydroxylation sites is 1. The van der Waals surface area contributed by atoms with Gasteiger partial charge in [-0.05, 0) is 44.4 Å². The zero-order valence-corrected chi connectivity index (χ0v) is 27.7. The van der Waals surface area contributed by atoms with Crippen molar-refractivity contribution in [3.05, 3.63) is 89.0 Å². The Balaban J connectivity index is 1.49. The number of carbonyl (C=O) groups is 4. The van der Waals surface area contributed by atoms with E-state index in [0.717, 1.165) is 5.56 Å². The van der Waals surface area contributed by atoms with Crippen LogP contribution in [0.1, 0.15) is 43.9 Å². The van der Waals surface area contributed by atoms with Gasteiger partial charge in [-0.15, -0.1) is 0 Å². The molecule has 10 nitrogen and oxygen atoms in total. The van der Waals surface area contributed by atoms with E-state index in [0.29, 0.717) is 22.7 Å². The fourth-order valence-corrected chi connectivity index (χ4v) is 7.85. The van der Waals surface area contributed by atoms with E-state index in [1.807, 2.05) is 62.4 Å². The topological polar surface area (TPSA) is 117 Å². The molecule has 4 aliphatic rings. The van der Waals surface area contributed by atoms with Crippen LogP contribution in [-0.4, -0.2) is 88.6 Å². The average molecular weight is 662 g/mol. The number of benzene rings is 2. The molecule has 0 radical (unpaired) electrons. The summed E-state index contributed by atoms with van der Waals surface area (Å²) < 4.78 is 12.8. The summed E-state index contributed by atoms with van der Waals surface area (Å²) in [6.45, 7) is 5.04. The lowest BCUT2D eigenvalue weighted by atomic mass is 9.74.